The second kappa shape index (κ2) is 30.4. The van der Waals surface area contributed by atoms with E-state index >= 15 is 0 Å². The molecule has 0 aliphatic rings. The number of hydrogen-bond acceptors (Lipinski definition) is 4. The van der Waals surface area contributed by atoms with Gasteiger partial charge in [0.2, 0.25) is 0 Å². The summed E-state index contributed by atoms with van der Waals surface area (Å²) >= 11 is 0. The van der Waals surface area contributed by atoms with Crippen molar-refractivity contribution >= 4 is 29.8 Å². The first-order valence-electron chi connectivity index (χ1n) is 23.7. The van der Waals surface area contributed by atoms with Gasteiger partial charge in [-0.1, -0.05) is 134 Å². The average Bonchev–Trinajstić information content (AvgIpc) is 3.26. The summed E-state index contributed by atoms with van der Waals surface area (Å²) < 4.78 is 8.54. The molecular formula is C54H76N3O3+. The van der Waals surface area contributed by atoms with E-state index in [1.807, 2.05) is 24.6 Å². The summed E-state index contributed by atoms with van der Waals surface area (Å²) in [5, 5.41) is 8.96. The van der Waals surface area contributed by atoms with Crippen molar-refractivity contribution in [1.82, 2.24) is 0 Å². The van der Waals surface area contributed by atoms with Gasteiger partial charge in [0.1, 0.15) is 12.3 Å². The molecule has 0 saturated carbocycles. The van der Waals surface area contributed by atoms with Crippen molar-refractivity contribution in [2.75, 3.05) is 6.61 Å². The average molecular weight is 815 g/mol. The molecular weight excluding hydrogens is 739 g/mol. The summed E-state index contributed by atoms with van der Waals surface area (Å²) in [7, 11) is 0. The molecule has 6 nitrogen and oxygen atoms in total. The van der Waals surface area contributed by atoms with Crippen LogP contribution in [0.2, 0.25) is 0 Å². The zero-order chi connectivity index (χ0) is 42.3. The number of nitrogens with zero attached hydrogens (tertiary/aromatic N) is 3. The Morgan fingerprint density at radius 1 is 0.567 bits per heavy atom. The fourth-order valence-corrected chi connectivity index (χ4v) is 7.65. The first kappa shape index (κ1) is 48.1. The quantitative estimate of drug-likeness (QED) is 0.0296. The molecule has 0 aliphatic carbocycles. The molecule has 1 heterocycles. The van der Waals surface area contributed by atoms with Gasteiger partial charge >= 0.3 is 5.97 Å². The minimum absolute atomic E-state index is 0.180. The largest absolute Gasteiger partial charge is 0.494 e. The van der Waals surface area contributed by atoms with Crippen molar-refractivity contribution in [1.29, 1.82) is 0 Å². The van der Waals surface area contributed by atoms with E-state index in [9.17, 15) is 4.79 Å². The van der Waals surface area contributed by atoms with E-state index in [1.165, 1.54) is 120 Å². The Morgan fingerprint density at radius 2 is 1.05 bits per heavy atom. The Bertz CT molecular complexity index is 1710. The lowest BCUT2D eigenvalue weighted by molar-refractivity contribution is -0.697. The number of aliphatic carboxylic acids is 1. The summed E-state index contributed by atoms with van der Waals surface area (Å²) in [6.07, 6.45) is 36.5. The van der Waals surface area contributed by atoms with E-state index in [4.69, 9.17) is 19.8 Å². The Morgan fingerprint density at radius 3 is 1.57 bits per heavy atom. The molecule has 4 aromatic rings. The lowest BCUT2D eigenvalue weighted by Crippen LogP contribution is -2.33. The molecule has 0 aliphatic heterocycles. The number of aryl methyl sites for hydroxylation is 4. The third-order valence-corrected chi connectivity index (χ3v) is 11.3. The highest BCUT2D eigenvalue weighted by Gasteiger charge is 2.06. The normalized spacial score (nSPS) is 11.6. The van der Waals surface area contributed by atoms with Crippen LogP contribution in [0, 0.1) is 0 Å². The number of hydrogen-bond donors (Lipinski definition) is 1. The molecule has 0 bridgehead atoms. The lowest BCUT2D eigenvalue weighted by Gasteiger charge is -2.09. The molecule has 0 fully saturated rings. The van der Waals surface area contributed by atoms with E-state index in [1.54, 1.807) is 0 Å². The highest BCUT2D eigenvalue weighted by atomic mass is 16.5. The molecule has 0 atom stereocenters. The van der Waals surface area contributed by atoms with Gasteiger partial charge in [-0.15, -0.1) is 0 Å². The van der Waals surface area contributed by atoms with Crippen molar-refractivity contribution in [2.24, 2.45) is 9.98 Å². The number of rotatable bonds is 33. The Labute approximate surface area is 363 Å². The van der Waals surface area contributed by atoms with E-state index in [0.29, 0.717) is 13.0 Å². The van der Waals surface area contributed by atoms with Crippen molar-refractivity contribution in [3.63, 3.8) is 0 Å². The van der Waals surface area contributed by atoms with Crippen LogP contribution in [0.25, 0.3) is 0 Å². The molecule has 6 heteroatoms. The van der Waals surface area contributed by atoms with Crippen LogP contribution in [0.1, 0.15) is 177 Å². The zero-order valence-electron chi connectivity index (χ0n) is 37.3. The Kier molecular flexibility index (Phi) is 24.4. The molecule has 0 saturated heterocycles. The molecule has 3 aromatic carbocycles. The van der Waals surface area contributed by atoms with Gasteiger partial charge < -0.3 is 9.84 Å². The van der Waals surface area contributed by atoms with Crippen molar-refractivity contribution in [2.45, 2.75) is 174 Å². The van der Waals surface area contributed by atoms with Crippen LogP contribution in [0.15, 0.2) is 101 Å². The molecule has 4 rings (SSSR count). The van der Waals surface area contributed by atoms with E-state index < -0.39 is 5.97 Å². The van der Waals surface area contributed by atoms with Crippen molar-refractivity contribution < 1.29 is 19.2 Å². The molecule has 60 heavy (non-hydrogen) atoms. The van der Waals surface area contributed by atoms with Gasteiger partial charge in [-0.25, -0.2) is 4.57 Å². The second-order valence-corrected chi connectivity index (χ2v) is 16.7. The first-order valence-corrected chi connectivity index (χ1v) is 23.7. The maximum Gasteiger partial charge on any atom is 0.303 e. The molecule has 1 N–H and O–H groups in total. The number of benzene rings is 3. The minimum atomic E-state index is -0.745. The summed E-state index contributed by atoms with van der Waals surface area (Å²) in [6.45, 7) is 6.22. The summed E-state index contributed by atoms with van der Waals surface area (Å²) in [6, 6.07) is 27.8. The van der Waals surface area contributed by atoms with Gasteiger partial charge in [-0.05, 0) is 116 Å². The maximum absolute atomic E-state index is 10.9. The fourth-order valence-electron chi connectivity index (χ4n) is 7.65. The van der Waals surface area contributed by atoms with Gasteiger partial charge in [0.25, 0.3) is 0 Å². The zero-order valence-corrected chi connectivity index (χ0v) is 37.3. The van der Waals surface area contributed by atoms with E-state index in [2.05, 4.69) is 97.5 Å². The third-order valence-electron chi connectivity index (χ3n) is 11.3. The summed E-state index contributed by atoms with van der Waals surface area (Å²) in [5.41, 5.74) is 7.79. The molecule has 0 radical (unpaired) electrons. The standard InChI is InChI=1S/C54H75N3O3/c1-3-5-7-9-15-19-24-46-27-32-51(33-28-46)55-43-49-40-50(44-56-52-34-29-47(30-35-52)25-20-16-10-8-6-4-2)42-53(41-49)60-39-22-18-14-12-11-13-17-21-37-57-38-23-26-48(45-57)31-36-54(58)59/h23,26-30,32-35,38,40-45H,3-22,24-25,31,36-37,39H2,1-2H3/p+1. The van der Waals surface area contributed by atoms with E-state index in [-0.39, 0.29) is 6.42 Å². The Hall–Kier alpha value is -4.58. The first-order chi connectivity index (χ1) is 29.5. The van der Waals surface area contributed by atoms with Crippen LogP contribution < -0.4 is 9.30 Å². The molecule has 0 unspecified atom stereocenters. The molecule has 324 valence electrons. The predicted molar refractivity (Wildman–Crippen MR) is 253 cm³/mol. The van der Waals surface area contributed by atoms with Crippen LogP contribution in [0.5, 0.6) is 5.75 Å². The smallest absolute Gasteiger partial charge is 0.303 e. The van der Waals surface area contributed by atoms with Gasteiger partial charge in [0.15, 0.2) is 12.4 Å². The predicted octanol–water partition coefficient (Wildman–Crippen LogP) is 14.5. The van der Waals surface area contributed by atoms with Crippen LogP contribution in [0.4, 0.5) is 11.4 Å². The number of pyridine rings is 1. The minimum Gasteiger partial charge on any atom is -0.494 e. The number of carbonyl (C=O) groups is 1. The van der Waals surface area contributed by atoms with Gasteiger partial charge in [0, 0.05) is 36.9 Å². The molecule has 1 aromatic heterocycles. The number of carboxylic acid groups (broad SMARTS) is 1. The van der Waals surface area contributed by atoms with Crippen LogP contribution >= 0.6 is 0 Å². The van der Waals surface area contributed by atoms with Crippen molar-refractivity contribution in [3.05, 3.63) is 119 Å². The van der Waals surface area contributed by atoms with Gasteiger partial charge in [0.05, 0.1) is 18.0 Å². The van der Waals surface area contributed by atoms with Crippen LogP contribution in [0.3, 0.4) is 0 Å². The van der Waals surface area contributed by atoms with Crippen LogP contribution in [-0.2, 0) is 30.6 Å². The molecule has 0 amide bonds. The number of aliphatic imine (C=N–C) groups is 2. The van der Waals surface area contributed by atoms with Gasteiger partial charge in [-0.2, -0.15) is 0 Å². The summed E-state index contributed by atoms with van der Waals surface area (Å²) in [5.74, 6) is 0.111. The Balaban J connectivity index is 1.23. The maximum atomic E-state index is 10.9. The number of ether oxygens (including phenoxy) is 1. The monoisotopic (exact) mass is 815 g/mol. The van der Waals surface area contributed by atoms with E-state index in [0.717, 1.165) is 72.5 Å². The fraction of sp³-hybridized carbons (Fsp3) is 0.519. The number of unbranched alkanes of at least 4 members (excludes halogenated alkanes) is 17. The SMILES string of the molecule is CCCCCCCCc1ccc(N=Cc2cc(C=Nc3ccc(CCCCCCCC)cc3)cc(OCCCCCCCCCC[n+]3cccc(CCC(=O)O)c3)c2)cc1. The second-order valence-electron chi connectivity index (χ2n) is 16.7. The highest BCUT2D eigenvalue weighted by Crippen LogP contribution is 2.21. The number of carboxylic acids is 1. The lowest BCUT2D eigenvalue weighted by atomic mass is 10.0. The topological polar surface area (TPSA) is 75.1 Å². The third kappa shape index (κ3) is 21.6. The van der Waals surface area contributed by atoms with Crippen LogP contribution in [-0.4, -0.2) is 30.1 Å². The van der Waals surface area contributed by atoms with Gasteiger partial charge in [-0.3, -0.25) is 14.8 Å². The van der Waals surface area contributed by atoms with Crippen molar-refractivity contribution in [3.8, 4) is 5.75 Å². The highest BCUT2D eigenvalue weighted by molar-refractivity contribution is 5.89. The number of aromatic nitrogens is 1. The molecule has 0 spiro atoms. The summed E-state index contributed by atoms with van der Waals surface area (Å²) in [4.78, 5) is 20.6.